The molecule has 3 nitrogen and oxygen atoms in total. The van der Waals surface area contributed by atoms with E-state index in [1.54, 1.807) is 6.92 Å². The quantitative estimate of drug-likeness (QED) is 0.587. The van der Waals surface area contributed by atoms with Gasteiger partial charge in [-0.15, -0.1) is 13.2 Å². The average Bonchev–Trinajstić information content (AvgIpc) is 2.86. The summed E-state index contributed by atoms with van der Waals surface area (Å²) in [6.07, 6.45) is -8.66. The number of benzene rings is 1. The lowest BCUT2D eigenvalue weighted by atomic mass is 9.98. The highest BCUT2D eigenvalue weighted by atomic mass is 35.5. The van der Waals surface area contributed by atoms with Gasteiger partial charge in [-0.1, -0.05) is 24.6 Å². The molecule has 1 heterocycles. The van der Waals surface area contributed by atoms with Gasteiger partial charge in [-0.05, 0) is 31.0 Å². The van der Waals surface area contributed by atoms with Crippen molar-refractivity contribution in [2.45, 2.75) is 39.4 Å². The summed E-state index contributed by atoms with van der Waals surface area (Å²) in [6.45, 7) is 3.01. The van der Waals surface area contributed by atoms with E-state index in [4.69, 9.17) is 11.6 Å². The van der Waals surface area contributed by atoms with E-state index in [0.717, 1.165) is 13.0 Å². The Balaban J connectivity index is 2.50. The fraction of sp³-hybridized carbons (Fsp3) is 0.438. The normalized spacial score (nSPS) is 13.7. The van der Waals surface area contributed by atoms with E-state index in [2.05, 4.69) is 9.84 Å². The average molecular weight is 401 g/mol. The summed E-state index contributed by atoms with van der Waals surface area (Å²) in [5.74, 6) is -2.33. The Morgan fingerprint density at radius 3 is 2.38 bits per heavy atom. The highest BCUT2D eigenvalue weighted by Crippen LogP contribution is 2.39. The zero-order valence-corrected chi connectivity index (χ0v) is 14.5. The van der Waals surface area contributed by atoms with Crippen molar-refractivity contribution in [3.05, 3.63) is 35.0 Å². The van der Waals surface area contributed by atoms with Gasteiger partial charge in [0.25, 0.3) is 0 Å². The van der Waals surface area contributed by atoms with E-state index in [1.807, 2.05) is 0 Å². The molecule has 0 saturated heterocycles. The fourth-order valence-corrected chi connectivity index (χ4v) is 2.68. The molecule has 0 fully saturated rings. The zero-order valence-electron chi connectivity index (χ0n) is 13.7. The van der Waals surface area contributed by atoms with Crippen molar-refractivity contribution in [2.24, 2.45) is 5.92 Å². The molecule has 10 heteroatoms. The first-order valence-corrected chi connectivity index (χ1v) is 7.97. The summed E-state index contributed by atoms with van der Waals surface area (Å²) in [4.78, 5) is 0. The smallest absolute Gasteiger partial charge is 0.405 e. The van der Waals surface area contributed by atoms with Gasteiger partial charge in [-0.2, -0.15) is 18.3 Å². The van der Waals surface area contributed by atoms with Crippen LogP contribution in [0.25, 0.3) is 11.3 Å². The van der Waals surface area contributed by atoms with E-state index in [0.29, 0.717) is 6.54 Å². The topological polar surface area (TPSA) is 27.1 Å². The highest BCUT2D eigenvalue weighted by Gasteiger charge is 2.36. The third-order valence-electron chi connectivity index (χ3n) is 3.72. The van der Waals surface area contributed by atoms with E-state index in [1.165, 1.54) is 23.0 Å². The van der Waals surface area contributed by atoms with Crippen molar-refractivity contribution in [3.63, 3.8) is 0 Å². The lowest BCUT2D eigenvalue weighted by molar-refractivity contribution is -0.274. The summed E-state index contributed by atoms with van der Waals surface area (Å²) in [5, 5.41) is 4.06. The molecule has 1 atom stereocenters. The zero-order chi connectivity index (χ0) is 19.7. The molecular formula is C16H15ClF6N2O. The van der Waals surface area contributed by atoms with Crippen molar-refractivity contribution in [3.8, 4) is 17.0 Å². The molecule has 0 radical (unpaired) electrons. The van der Waals surface area contributed by atoms with Crippen LogP contribution in [0.4, 0.5) is 26.3 Å². The molecule has 0 aliphatic rings. The Kier molecular flexibility index (Phi) is 5.79. The Morgan fingerprint density at radius 2 is 1.85 bits per heavy atom. The van der Waals surface area contributed by atoms with Crippen LogP contribution < -0.4 is 4.74 Å². The largest absolute Gasteiger partial charge is 0.573 e. The summed E-state index contributed by atoms with van der Waals surface area (Å²) in [6, 6.07) is 3.53. The van der Waals surface area contributed by atoms with Crippen LogP contribution in [-0.4, -0.2) is 22.3 Å². The number of halogens is 7. The minimum Gasteiger partial charge on any atom is -0.405 e. The van der Waals surface area contributed by atoms with Crippen molar-refractivity contribution in [1.29, 1.82) is 0 Å². The molecule has 0 amide bonds. The maximum Gasteiger partial charge on any atom is 0.573 e. The number of alkyl halides is 6. The van der Waals surface area contributed by atoms with Crippen LogP contribution in [-0.2, 0) is 13.0 Å². The van der Waals surface area contributed by atoms with E-state index >= 15 is 0 Å². The van der Waals surface area contributed by atoms with Gasteiger partial charge in [0, 0.05) is 12.1 Å². The van der Waals surface area contributed by atoms with E-state index < -0.39 is 30.6 Å². The summed E-state index contributed by atoms with van der Waals surface area (Å²) < 4.78 is 81.9. The van der Waals surface area contributed by atoms with Crippen LogP contribution in [0.3, 0.4) is 0 Å². The number of aromatic nitrogens is 2. The fourth-order valence-electron chi connectivity index (χ4n) is 2.44. The molecule has 0 N–H and O–H groups in total. The molecule has 0 aliphatic carbocycles. The molecule has 1 unspecified atom stereocenters. The number of rotatable bonds is 5. The Hall–Kier alpha value is -1.90. The first kappa shape index (κ1) is 20.4. The molecule has 26 heavy (non-hydrogen) atoms. The third-order valence-corrected chi connectivity index (χ3v) is 4.00. The minimum atomic E-state index is -5.01. The number of nitrogens with zero attached hydrogens (tertiary/aromatic N) is 2. The Bertz CT molecular complexity index is 769. The third kappa shape index (κ3) is 4.84. The molecule has 0 bridgehead atoms. The van der Waals surface area contributed by atoms with E-state index in [-0.39, 0.29) is 21.8 Å². The molecular weight excluding hydrogens is 386 g/mol. The van der Waals surface area contributed by atoms with Gasteiger partial charge in [0.15, 0.2) is 0 Å². The van der Waals surface area contributed by atoms with Gasteiger partial charge < -0.3 is 4.74 Å². The van der Waals surface area contributed by atoms with Gasteiger partial charge in [0.1, 0.15) is 5.75 Å². The molecule has 1 aromatic carbocycles. The first-order valence-electron chi connectivity index (χ1n) is 7.59. The van der Waals surface area contributed by atoms with Crippen LogP contribution in [0.1, 0.15) is 19.4 Å². The standard InChI is InChI=1S/C16H15ClF6N2O/c1-3-25-14(12(17)8-24-25)11-5-4-10(6-9(2)15(18,19)20)7-13(11)26-16(21,22)23/h4-5,7-9H,3,6H2,1-2H3. The second-order valence-electron chi connectivity index (χ2n) is 5.68. The number of hydrogen-bond donors (Lipinski definition) is 0. The first-order chi connectivity index (χ1) is 11.9. The number of ether oxygens (including phenoxy) is 1. The molecule has 144 valence electrons. The second-order valence-corrected chi connectivity index (χ2v) is 6.09. The molecule has 1 aromatic heterocycles. The van der Waals surface area contributed by atoms with Gasteiger partial charge in [0.2, 0.25) is 0 Å². The Morgan fingerprint density at radius 1 is 1.19 bits per heavy atom. The van der Waals surface area contributed by atoms with Gasteiger partial charge in [0.05, 0.1) is 22.8 Å². The van der Waals surface area contributed by atoms with Crippen molar-refractivity contribution < 1.29 is 31.1 Å². The van der Waals surface area contributed by atoms with Gasteiger partial charge in [-0.25, -0.2) is 0 Å². The molecule has 2 rings (SSSR count). The predicted molar refractivity (Wildman–Crippen MR) is 84.0 cm³/mol. The predicted octanol–water partition coefficient (Wildman–Crippen LogP) is 5.86. The number of hydrogen-bond acceptors (Lipinski definition) is 2. The van der Waals surface area contributed by atoms with Crippen LogP contribution >= 0.6 is 11.6 Å². The number of aryl methyl sites for hydroxylation is 1. The van der Waals surface area contributed by atoms with Crippen LogP contribution in [0, 0.1) is 5.92 Å². The highest BCUT2D eigenvalue weighted by molar-refractivity contribution is 6.33. The maximum atomic E-state index is 12.8. The summed E-state index contributed by atoms with van der Waals surface area (Å²) >= 11 is 6.02. The van der Waals surface area contributed by atoms with Crippen LogP contribution in [0.2, 0.25) is 5.02 Å². The molecule has 0 aliphatic heterocycles. The van der Waals surface area contributed by atoms with Crippen LogP contribution in [0.15, 0.2) is 24.4 Å². The summed E-state index contributed by atoms with van der Waals surface area (Å²) in [5.41, 5.74) is 0.260. The molecule has 0 saturated carbocycles. The SMILES string of the molecule is CCn1ncc(Cl)c1-c1ccc(CC(C)C(F)(F)F)cc1OC(F)(F)F. The lowest BCUT2D eigenvalue weighted by Gasteiger charge is -2.18. The lowest BCUT2D eigenvalue weighted by Crippen LogP contribution is -2.22. The van der Waals surface area contributed by atoms with Crippen molar-refractivity contribution >= 4 is 11.6 Å². The van der Waals surface area contributed by atoms with Crippen molar-refractivity contribution in [2.75, 3.05) is 0 Å². The van der Waals surface area contributed by atoms with Crippen LogP contribution in [0.5, 0.6) is 5.75 Å². The monoisotopic (exact) mass is 400 g/mol. The summed E-state index contributed by atoms with van der Waals surface area (Å²) in [7, 11) is 0. The van der Waals surface area contributed by atoms with Gasteiger partial charge >= 0.3 is 12.5 Å². The second kappa shape index (κ2) is 7.38. The van der Waals surface area contributed by atoms with Crippen molar-refractivity contribution in [1.82, 2.24) is 9.78 Å². The Labute approximate surface area is 150 Å². The van der Waals surface area contributed by atoms with Gasteiger partial charge in [-0.3, -0.25) is 4.68 Å². The minimum absolute atomic E-state index is 0.00455. The van der Waals surface area contributed by atoms with E-state index in [9.17, 15) is 26.3 Å². The maximum absolute atomic E-state index is 12.8. The molecule has 0 spiro atoms. The molecule has 2 aromatic rings.